The van der Waals surface area contributed by atoms with Gasteiger partial charge in [-0.05, 0) is 51.7 Å². The topological polar surface area (TPSA) is 55.2 Å². The molecule has 0 radical (unpaired) electrons. The Labute approximate surface area is 144 Å². The summed E-state index contributed by atoms with van der Waals surface area (Å²) in [6, 6.07) is 7.94. The molecular weight excluding hydrogens is 322 g/mol. The SMILES string of the molecule is Cc1ccc(-n2nc(C)c(S(=O)(=O)N3CCC(C)CC3)c2C)cc1. The summed E-state index contributed by atoms with van der Waals surface area (Å²) in [4.78, 5) is 0.359. The number of rotatable bonds is 3. The molecular formula is C18H25N3O2S. The summed E-state index contributed by atoms with van der Waals surface area (Å²) < 4.78 is 29.6. The summed E-state index contributed by atoms with van der Waals surface area (Å²) in [6.45, 7) is 9.00. The van der Waals surface area contributed by atoms with Gasteiger partial charge in [-0.15, -0.1) is 0 Å². The first-order valence-corrected chi connectivity index (χ1v) is 9.88. The van der Waals surface area contributed by atoms with E-state index in [1.54, 1.807) is 15.9 Å². The molecule has 5 nitrogen and oxygen atoms in total. The number of benzene rings is 1. The lowest BCUT2D eigenvalue weighted by molar-refractivity contribution is 0.288. The molecule has 1 fully saturated rings. The van der Waals surface area contributed by atoms with E-state index >= 15 is 0 Å². The van der Waals surface area contributed by atoms with Crippen LogP contribution in [0.1, 0.15) is 36.7 Å². The average molecular weight is 347 g/mol. The third kappa shape index (κ3) is 3.00. The average Bonchev–Trinajstić information content (AvgIpc) is 2.84. The van der Waals surface area contributed by atoms with Crippen molar-refractivity contribution in [3.8, 4) is 5.69 Å². The van der Waals surface area contributed by atoms with E-state index in [0.717, 1.165) is 24.1 Å². The first-order valence-electron chi connectivity index (χ1n) is 8.44. The molecule has 6 heteroatoms. The minimum atomic E-state index is -3.49. The summed E-state index contributed by atoms with van der Waals surface area (Å²) in [6.07, 6.45) is 1.84. The molecule has 0 unspecified atom stereocenters. The van der Waals surface area contributed by atoms with Gasteiger partial charge in [0.2, 0.25) is 10.0 Å². The number of hydrogen-bond acceptors (Lipinski definition) is 3. The lowest BCUT2D eigenvalue weighted by Crippen LogP contribution is -2.38. The second-order valence-corrected chi connectivity index (χ2v) is 8.71. The standard InChI is InChI=1S/C18H25N3O2S/c1-13-5-7-17(8-6-13)21-16(4)18(15(3)19-21)24(22,23)20-11-9-14(2)10-12-20/h5-8,14H,9-12H2,1-4H3. The Hall–Kier alpha value is -1.66. The largest absolute Gasteiger partial charge is 0.246 e. The van der Waals surface area contributed by atoms with Crippen molar-refractivity contribution in [2.75, 3.05) is 13.1 Å². The molecule has 0 amide bonds. The Morgan fingerprint density at radius 1 is 1.04 bits per heavy atom. The normalized spacial score (nSPS) is 17.3. The molecule has 2 aromatic rings. The van der Waals surface area contributed by atoms with Crippen LogP contribution >= 0.6 is 0 Å². The van der Waals surface area contributed by atoms with E-state index in [-0.39, 0.29) is 0 Å². The Kier molecular flexibility index (Phi) is 4.53. The Bertz CT molecular complexity index is 830. The minimum Gasteiger partial charge on any atom is -0.236 e. The molecule has 130 valence electrons. The van der Waals surface area contributed by atoms with Gasteiger partial charge >= 0.3 is 0 Å². The monoisotopic (exact) mass is 347 g/mol. The van der Waals surface area contributed by atoms with Crippen LogP contribution in [0.15, 0.2) is 29.2 Å². The van der Waals surface area contributed by atoms with Crippen molar-refractivity contribution < 1.29 is 8.42 Å². The van der Waals surface area contributed by atoms with Crippen LogP contribution in [-0.2, 0) is 10.0 Å². The molecule has 0 atom stereocenters. The molecule has 1 saturated heterocycles. The molecule has 0 saturated carbocycles. The van der Waals surface area contributed by atoms with Gasteiger partial charge in [0.15, 0.2) is 0 Å². The van der Waals surface area contributed by atoms with Crippen molar-refractivity contribution in [3.63, 3.8) is 0 Å². The summed E-state index contributed by atoms with van der Waals surface area (Å²) in [5, 5.41) is 4.50. The maximum absolute atomic E-state index is 13.1. The van der Waals surface area contributed by atoms with Crippen molar-refractivity contribution in [1.29, 1.82) is 0 Å². The molecule has 2 heterocycles. The molecule has 0 aliphatic carbocycles. The van der Waals surface area contributed by atoms with Crippen molar-refractivity contribution in [2.45, 2.75) is 45.4 Å². The van der Waals surface area contributed by atoms with Gasteiger partial charge in [0.25, 0.3) is 0 Å². The molecule has 0 spiro atoms. The first kappa shape index (κ1) is 17.2. The van der Waals surface area contributed by atoms with Crippen LogP contribution in [0.3, 0.4) is 0 Å². The smallest absolute Gasteiger partial charge is 0.236 e. The van der Waals surface area contributed by atoms with Crippen LogP contribution in [0.4, 0.5) is 0 Å². The number of aryl methyl sites for hydroxylation is 2. The van der Waals surface area contributed by atoms with Crippen molar-refractivity contribution in [1.82, 2.24) is 14.1 Å². The minimum absolute atomic E-state index is 0.359. The first-order chi connectivity index (χ1) is 11.3. The van der Waals surface area contributed by atoms with Crippen LogP contribution in [0.5, 0.6) is 0 Å². The predicted molar refractivity (Wildman–Crippen MR) is 94.9 cm³/mol. The van der Waals surface area contributed by atoms with Gasteiger partial charge in [-0.25, -0.2) is 13.1 Å². The van der Waals surface area contributed by atoms with Crippen molar-refractivity contribution in [3.05, 3.63) is 41.2 Å². The fraction of sp³-hybridized carbons (Fsp3) is 0.500. The summed E-state index contributed by atoms with van der Waals surface area (Å²) in [5.41, 5.74) is 3.28. The second kappa shape index (κ2) is 6.33. The number of aromatic nitrogens is 2. The Morgan fingerprint density at radius 2 is 1.62 bits per heavy atom. The van der Waals surface area contributed by atoms with Crippen LogP contribution in [0, 0.1) is 26.7 Å². The van der Waals surface area contributed by atoms with E-state index in [1.807, 2.05) is 38.1 Å². The number of hydrogen-bond donors (Lipinski definition) is 0. The Morgan fingerprint density at radius 3 is 2.21 bits per heavy atom. The zero-order valence-electron chi connectivity index (χ0n) is 14.8. The quantitative estimate of drug-likeness (QED) is 0.857. The van der Waals surface area contributed by atoms with Crippen LogP contribution in [0.25, 0.3) is 5.69 Å². The molecule has 1 aromatic heterocycles. The number of piperidine rings is 1. The van der Waals surface area contributed by atoms with Crippen LogP contribution < -0.4 is 0 Å². The fourth-order valence-corrected chi connectivity index (χ4v) is 5.12. The second-order valence-electron chi connectivity index (χ2n) is 6.83. The Balaban J connectivity index is 2.01. The molecule has 1 aromatic carbocycles. The number of nitrogens with zero attached hydrogens (tertiary/aromatic N) is 3. The zero-order valence-corrected chi connectivity index (χ0v) is 15.6. The zero-order chi connectivity index (χ0) is 17.5. The summed E-state index contributed by atoms with van der Waals surface area (Å²) >= 11 is 0. The van der Waals surface area contributed by atoms with Gasteiger partial charge in [-0.3, -0.25) is 0 Å². The molecule has 0 bridgehead atoms. The lowest BCUT2D eigenvalue weighted by atomic mass is 10.0. The van der Waals surface area contributed by atoms with Crippen LogP contribution in [-0.4, -0.2) is 35.6 Å². The fourth-order valence-electron chi connectivity index (χ4n) is 3.29. The molecule has 24 heavy (non-hydrogen) atoms. The van der Waals surface area contributed by atoms with E-state index in [0.29, 0.717) is 35.3 Å². The predicted octanol–water partition coefficient (Wildman–Crippen LogP) is 3.22. The van der Waals surface area contributed by atoms with E-state index in [2.05, 4.69) is 12.0 Å². The highest BCUT2D eigenvalue weighted by molar-refractivity contribution is 7.89. The summed E-state index contributed by atoms with van der Waals surface area (Å²) in [7, 11) is -3.49. The maximum Gasteiger partial charge on any atom is 0.246 e. The van der Waals surface area contributed by atoms with Crippen molar-refractivity contribution >= 4 is 10.0 Å². The van der Waals surface area contributed by atoms with Gasteiger partial charge in [-0.2, -0.15) is 9.40 Å². The van der Waals surface area contributed by atoms with Gasteiger partial charge in [0.05, 0.1) is 17.1 Å². The molecule has 1 aliphatic rings. The third-order valence-corrected chi connectivity index (χ3v) is 7.00. The van der Waals surface area contributed by atoms with E-state index in [4.69, 9.17) is 0 Å². The van der Waals surface area contributed by atoms with E-state index in [1.165, 1.54) is 0 Å². The maximum atomic E-state index is 13.1. The molecule has 3 rings (SSSR count). The molecule has 0 N–H and O–H groups in total. The van der Waals surface area contributed by atoms with Gasteiger partial charge in [-0.1, -0.05) is 24.6 Å². The van der Waals surface area contributed by atoms with Crippen LogP contribution in [0.2, 0.25) is 0 Å². The van der Waals surface area contributed by atoms with Gasteiger partial charge < -0.3 is 0 Å². The van der Waals surface area contributed by atoms with E-state index in [9.17, 15) is 8.42 Å². The van der Waals surface area contributed by atoms with Gasteiger partial charge in [0, 0.05) is 13.1 Å². The third-order valence-electron chi connectivity index (χ3n) is 4.84. The highest BCUT2D eigenvalue weighted by Crippen LogP contribution is 2.28. The summed E-state index contributed by atoms with van der Waals surface area (Å²) in [5.74, 6) is 0.592. The lowest BCUT2D eigenvalue weighted by Gasteiger charge is -2.29. The highest BCUT2D eigenvalue weighted by Gasteiger charge is 2.33. The molecule has 1 aliphatic heterocycles. The van der Waals surface area contributed by atoms with E-state index < -0.39 is 10.0 Å². The van der Waals surface area contributed by atoms with Gasteiger partial charge in [0.1, 0.15) is 4.90 Å². The highest BCUT2D eigenvalue weighted by atomic mass is 32.2. The number of sulfonamides is 1. The van der Waals surface area contributed by atoms with Crippen molar-refractivity contribution in [2.24, 2.45) is 5.92 Å².